The Labute approximate surface area is 182 Å². The van der Waals surface area contributed by atoms with E-state index in [0.29, 0.717) is 34.2 Å². The third-order valence-electron chi connectivity index (χ3n) is 4.31. The SMILES string of the molecule is COc1cc(NC(=S)NC(=O)c2ccc3c(c2)OCO3)ccc1NC(=O)c1ccco1. The maximum Gasteiger partial charge on any atom is 0.291 e. The van der Waals surface area contributed by atoms with Crippen LogP contribution in [-0.2, 0) is 0 Å². The fourth-order valence-corrected chi connectivity index (χ4v) is 3.05. The quantitative estimate of drug-likeness (QED) is 0.519. The zero-order valence-electron chi connectivity index (χ0n) is 16.3. The summed E-state index contributed by atoms with van der Waals surface area (Å²) in [4.78, 5) is 24.6. The second kappa shape index (κ2) is 8.76. The molecule has 0 unspecified atom stereocenters. The molecule has 9 nitrogen and oxygen atoms in total. The third kappa shape index (κ3) is 4.59. The first-order valence-electron chi connectivity index (χ1n) is 9.08. The predicted octanol–water partition coefficient (Wildman–Crippen LogP) is 3.40. The standard InChI is InChI=1S/C21H17N3O6S/c1-27-17-10-13(5-6-14(17)23-20(26)16-3-2-8-28-16)22-21(31)24-19(25)12-4-7-15-18(9-12)30-11-29-15/h2-10H,11H2,1H3,(H,23,26)(H2,22,24,25,31). The number of amides is 2. The Balaban J connectivity index is 1.39. The van der Waals surface area contributed by atoms with Crippen molar-refractivity contribution in [2.24, 2.45) is 0 Å². The molecular weight excluding hydrogens is 422 g/mol. The number of hydrogen-bond donors (Lipinski definition) is 3. The Bertz CT molecular complexity index is 1150. The number of fused-ring (bicyclic) bond motifs is 1. The van der Waals surface area contributed by atoms with Crippen molar-refractivity contribution in [1.82, 2.24) is 5.32 Å². The van der Waals surface area contributed by atoms with Gasteiger partial charge in [-0.25, -0.2) is 0 Å². The molecule has 0 spiro atoms. The first-order chi connectivity index (χ1) is 15.0. The molecular formula is C21H17N3O6S. The molecule has 31 heavy (non-hydrogen) atoms. The molecule has 0 atom stereocenters. The molecule has 10 heteroatoms. The normalized spacial score (nSPS) is 11.5. The van der Waals surface area contributed by atoms with Crippen LogP contribution in [0.4, 0.5) is 11.4 Å². The maximum atomic E-state index is 12.4. The lowest BCUT2D eigenvalue weighted by Crippen LogP contribution is -2.34. The molecule has 0 fully saturated rings. The van der Waals surface area contributed by atoms with Gasteiger partial charge in [0.25, 0.3) is 11.8 Å². The number of thiocarbonyl (C=S) groups is 1. The van der Waals surface area contributed by atoms with E-state index in [4.69, 9.17) is 30.8 Å². The fourth-order valence-electron chi connectivity index (χ4n) is 2.84. The summed E-state index contributed by atoms with van der Waals surface area (Å²) < 4.78 is 20.9. The van der Waals surface area contributed by atoms with Crippen molar-refractivity contribution in [1.29, 1.82) is 0 Å². The van der Waals surface area contributed by atoms with E-state index in [9.17, 15) is 9.59 Å². The van der Waals surface area contributed by atoms with Gasteiger partial charge in [-0.1, -0.05) is 0 Å². The van der Waals surface area contributed by atoms with E-state index in [1.807, 2.05) is 0 Å². The number of hydrogen-bond acceptors (Lipinski definition) is 7. The predicted molar refractivity (Wildman–Crippen MR) is 116 cm³/mol. The number of rotatable bonds is 5. The lowest BCUT2D eigenvalue weighted by Gasteiger charge is -2.13. The van der Waals surface area contributed by atoms with Gasteiger partial charge < -0.3 is 29.3 Å². The first-order valence-corrected chi connectivity index (χ1v) is 9.49. The van der Waals surface area contributed by atoms with Crippen molar-refractivity contribution in [2.45, 2.75) is 0 Å². The molecule has 0 radical (unpaired) electrons. The van der Waals surface area contributed by atoms with Gasteiger partial charge in [0.05, 0.1) is 19.1 Å². The zero-order valence-corrected chi connectivity index (χ0v) is 17.1. The number of benzene rings is 2. The summed E-state index contributed by atoms with van der Waals surface area (Å²) in [6, 6.07) is 13.0. The van der Waals surface area contributed by atoms with Gasteiger partial charge >= 0.3 is 0 Å². The number of nitrogens with one attached hydrogen (secondary N) is 3. The highest BCUT2D eigenvalue weighted by Gasteiger charge is 2.17. The van der Waals surface area contributed by atoms with Gasteiger partial charge in [-0.3, -0.25) is 14.9 Å². The highest BCUT2D eigenvalue weighted by molar-refractivity contribution is 7.80. The van der Waals surface area contributed by atoms with Crippen LogP contribution in [0, 0.1) is 0 Å². The van der Waals surface area contributed by atoms with Crippen LogP contribution in [0.5, 0.6) is 17.2 Å². The van der Waals surface area contributed by atoms with Gasteiger partial charge in [-0.05, 0) is 54.7 Å². The minimum atomic E-state index is -0.407. The molecule has 4 rings (SSSR count). The Kier molecular flexibility index (Phi) is 5.72. The number of furan rings is 1. The minimum absolute atomic E-state index is 0.0945. The highest BCUT2D eigenvalue weighted by atomic mass is 32.1. The molecule has 3 aromatic rings. The van der Waals surface area contributed by atoms with E-state index in [1.165, 1.54) is 13.4 Å². The van der Waals surface area contributed by atoms with Crippen LogP contribution in [0.25, 0.3) is 0 Å². The summed E-state index contributed by atoms with van der Waals surface area (Å²) in [6.45, 7) is 0.125. The molecule has 3 N–H and O–H groups in total. The van der Waals surface area contributed by atoms with E-state index in [2.05, 4.69) is 16.0 Å². The van der Waals surface area contributed by atoms with Crippen LogP contribution < -0.4 is 30.2 Å². The summed E-state index contributed by atoms with van der Waals surface area (Å²) in [6.07, 6.45) is 1.41. The average Bonchev–Trinajstić information content (AvgIpc) is 3.46. The Morgan fingerprint density at radius 2 is 1.84 bits per heavy atom. The van der Waals surface area contributed by atoms with E-state index in [-0.39, 0.29) is 17.7 Å². The van der Waals surface area contributed by atoms with E-state index in [1.54, 1.807) is 48.5 Å². The number of anilines is 2. The van der Waals surface area contributed by atoms with Crippen molar-refractivity contribution in [3.8, 4) is 17.2 Å². The van der Waals surface area contributed by atoms with Crippen LogP contribution >= 0.6 is 12.2 Å². The van der Waals surface area contributed by atoms with Crippen molar-refractivity contribution >= 4 is 40.5 Å². The zero-order chi connectivity index (χ0) is 21.8. The lowest BCUT2D eigenvalue weighted by atomic mass is 10.2. The van der Waals surface area contributed by atoms with E-state index < -0.39 is 11.8 Å². The molecule has 1 aliphatic rings. The molecule has 0 saturated carbocycles. The molecule has 158 valence electrons. The van der Waals surface area contributed by atoms with Crippen molar-refractivity contribution < 1.29 is 28.2 Å². The van der Waals surface area contributed by atoms with Crippen LogP contribution in [0.2, 0.25) is 0 Å². The summed E-state index contributed by atoms with van der Waals surface area (Å²) in [7, 11) is 1.47. The molecule has 1 aliphatic heterocycles. The third-order valence-corrected chi connectivity index (χ3v) is 4.52. The molecule has 1 aromatic heterocycles. The Morgan fingerprint density at radius 1 is 1.00 bits per heavy atom. The van der Waals surface area contributed by atoms with Crippen molar-refractivity contribution in [3.05, 3.63) is 66.1 Å². The highest BCUT2D eigenvalue weighted by Crippen LogP contribution is 2.32. The number of carbonyl (C=O) groups excluding carboxylic acids is 2. The Morgan fingerprint density at radius 3 is 2.61 bits per heavy atom. The summed E-state index contributed by atoms with van der Waals surface area (Å²) in [5, 5.41) is 8.31. The number of methoxy groups -OCH3 is 1. The monoisotopic (exact) mass is 439 g/mol. The fraction of sp³-hybridized carbons (Fsp3) is 0.0952. The van der Waals surface area contributed by atoms with Gasteiger partial charge in [-0.15, -0.1) is 0 Å². The minimum Gasteiger partial charge on any atom is -0.494 e. The van der Waals surface area contributed by atoms with Gasteiger partial charge in [-0.2, -0.15) is 0 Å². The van der Waals surface area contributed by atoms with Gasteiger partial charge in [0.2, 0.25) is 6.79 Å². The molecule has 0 aliphatic carbocycles. The molecule has 0 bridgehead atoms. The second-order valence-corrected chi connectivity index (χ2v) is 6.73. The molecule has 2 amide bonds. The van der Waals surface area contributed by atoms with Gasteiger partial charge in [0.1, 0.15) is 5.75 Å². The molecule has 0 saturated heterocycles. The van der Waals surface area contributed by atoms with Crippen LogP contribution in [0.3, 0.4) is 0 Å². The summed E-state index contributed by atoms with van der Waals surface area (Å²) >= 11 is 5.23. The van der Waals surface area contributed by atoms with Crippen LogP contribution in [0.1, 0.15) is 20.9 Å². The average molecular weight is 439 g/mol. The summed E-state index contributed by atoms with van der Waals surface area (Å²) in [5.41, 5.74) is 1.38. The topological polar surface area (TPSA) is 111 Å². The van der Waals surface area contributed by atoms with Crippen LogP contribution in [-0.4, -0.2) is 30.8 Å². The summed E-state index contributed by atoms with van der Waals surface area (Å²) in [5.74, 6) is 0.860. The van der Waals surface area contributed by atoms with Gasteiger partial charge in [0, 0.05) is 17.3 Å². The lowest BCUT2D eigenvalue weighted by molar-refractivity contribution is 0.0974. The van der Waals surface area contributed by atoms with Crippen molar-refractivity contribution in [2.75, 3.05) is 24.5 Å². The molecule has 2 heterocycles. The maximum absolute atomic E-state index is 12.4. The Hall–Kier alpha value is -4.05. The molecule has 2 aromatic carbocycles. The van der Waals surface area contributed by atoms with Crippen LogP contribution in [0.15, 0.2) is 59.2 Å². The van der Waals surface area contributed by atoms with E-state index >= 15 is 0 Å². The van der Waals surface area contributed by atoms with E-state index in [0.717, 1.165) is 0 Å². The largest absolute Gasteiger partial charge is 0.494 e. The van der Waals surface area contributed by atoms with Crippen molar-refractivity contribution in [3.63, 3.8) is 0 Å². The smallest absolute Gasteiger partial charge is 0.291 e. The number of ether oxygens (including phenoxy) is 3. The second-order valence-electron chi connectivity index (χ2n) is 6.32. The number of carbonyl (C=O) groups is 2. The first kappa shape index (κ1) is 20.2. The van der Waals surface area contributed by atoms with Gasteiger partial charge in [0.15, 0.2) is 22.4 Å².